The molecule has 1 aliphatic carbocycles. The number of nitrogens with one attached hydrogen (secondary N) is 1. The van der Waals surface area contributed by atoms with Crippen molar-refractivity contribution in [3.8, 4) is 6.07 Å². The highest BCUT2D eigenvalue weighted by molar-refractivity contribution is 5.06. The lowest BCUT2D eigenvalue weighted by Gasteiger charge is -2.26. The predicted molar refractivity (Wildman–Crippen MR) is 78.0 cm³/mol. The van der Waals surface area contributed by atoms with Gasteiger partial charge < -0.3 is 9.64 Å². The number of hydrogen-bond donors (Lipinski definition) is 1. The molecule has 0 radical (unpaired) electrons. The van der Waals surface area contributed by atoms with Crippen molar-refractivity contribution >= 4 is 0 Å². The van der Waals surface area contributed by atoms with Gasteiger partial charge in [-0.25, -0.2) is 0 Å². The molecule has 1 aliphatic rings. The molecule has 1 saturated carbocycles. The van der Waals surface area contributed by atoms with E-state index in [1.54, 1.807) is 7.11 Å². The third kappa shape index (κ3) is 6.38. The molecule has 0 aliphatic heterocycles. The Hall–Kier alpha value is -0.630. The highest BCUT2D eigenvalue weighted by Crippen LogP contribution is 2.24. The van der Waals surface area contributed by atoms with Crippen LogP contribution in [0.25, 0.3) is 0 Å². The second-order valence-electron chi connectivity index (χ2n) is 6.10. The van der Waals surface area contributed by atoms with Gasteiger partial charge in [0.05, 0.1) is 12.7 Å². The van der Waals surface area contributed by atoms with Gasteiger partial charge in [-0.15, -0.1) is 0 Å². The van der Waals surface area contributed by atoms with E-state index in [2.05, 4.69) is 30.3 Å². The number of nitriles is 1. The van der Waals surface area contributed by atoms with Crippen LogP contribution in [-0.2, 0) is 4.74 Å². The number of rotatable bonds is 10. The quantitative estimate of drug-likeness (QED) is 0.616. The Morgan fingerprint density at radius 3 is 2.68 bits per heavy atom. The van der Waals surface area contributed by atoms with Gasteiger partial charge in [0.1, 0.15) is 5.54 Å². The topological polar surface area (TPSA) is 48.3 Å². The minimum absolute atomic E-state index is 0.335. The summed E-state index contributed by atoms with van der Waals surface area (Å²) >= 11 is 0. The molecule has 0 bridgehead atoms. The third-order valence-corrected chi connectivity index (χ3v) is 3.94. The molecule has 2 atom stereocenters. The largest absolute Gasteiger partial charge is 0.383 e. The summed E-state index contributed by atoms with van der Waals surface area (Å²) in [6.07, 6.45) is 5.62. The van der Waals surface area contributed by atoms with Crippen LogP contribution in [0.1, 0.15) is 46.0 Å². The third-order valence-electron chi connectivity index (χ3n) is 3.94. The number of unbranched alkanes of at least 4 members (excludes halogenated alkanes) is 1. The maximum atomic E-state index is 9.29. The number of ether oxygens (including phenoxy) is 1. The van der Waals surface area contributed by atoms with Crippen molar-refractivity contribution in [3.05, 3.63) is 0 Å². The molecular weight excluding hydrogens is 238 g/mol. The molecule has 4 heteroatoms. The Labute approximate surface area is 118 Å². The first kappa shape index (κ1) is 16.4. The number of nitrogens with zero attached hydrogens (tertiary/aromatic N) is 2. The summed E-state index contributed by atoms with van der Waals surface area (Å²) in [6.45, 7) is 6.05. The normalized spacial score (nSPS) is 20.0. The lowest BCUT2D eigenvalue weighted by molar-refractivity contribution is 0.114. The highest BCUT2D eigenvalue weighted by atomic mass is 16.5. The zero-order chi connectivity index (χ0) is 14.3. The average molecular weight is 267 g/mol. The van der Waals surface area contributed by atoms with E-state index in [1.165, 1.54) is 12.8 Å². The van der Waals surface area contributed by atoms with E-state index in [0.717, 1.165) is 32.4 Å². The molecule has 1 fully saturated rings. The molecule has 0 amide bonds. The zero-order valence-corrected chi connectivity index (χ0v) is 12.9. The van der Waals surface area contributed by atoms with Gasteiger partial charge in [0.15, 0.2) is 0 Å². The molecule has 0 spiro atoms. The summed E-state index contributed by atoms with van der Waals surface area (Å²) in [5, 5.41) is 12.7. The zero-order valence-electron chi connectivity index (χ0n) is 12.9. The fraction of sp³-hybridized carbons (Fsp3) is 0.933. The Balaban J connectivity index is 2.16. The van der Waals surface area contributed by atoms with E-state index in [4.69, 9.17) is 4.74 Å². The molecule has 4 nitrogen and oxygen atoms in total. The van der Waals surface area contributed by atoms with E-state index in [9.17, 15) is 5.26 Å². The number of methoxy groups -OCH3 is 1. The van der Waals surface area contributed by atoms with Crippen molar-refractivity contribution in [1.29, 1.82) is 5.26 Å². The lowest BCUT2D eigenvalue weighted by Crippen LogP contribution is -2.42. The first-order valence-electron chi connectivity index (χ1n) is 7.39. The van der Waals surface area contributed by atoms with Crippen LogP contribution < -0.4 is 5.32 Å². The van der Waals surface area contributed by atoms with Crippen LogP contribution >= 0.6 is 0 Å². The van der Waals surface area contributed by atoms with E-state index in [1.807, 2.05) is 6.92 Å². The average Bonchev–Trinajstić information content (AvgIpc) is 3.18. The van der Waals surface area contributed by atoms with Gasteiger partial charge in [0, 0.05) is 19.2 Å². The van der Waals surface area contributed by atoms with Crippen molar-refractivity contribution in [3.63, 3.8) is 0 Å². The van der Waals surface area contributed by atoms with Gasteiger partial charge >= 0.3 is 0 Å². The molecule has 1 rings (SSSR count). The maximum absolute atomic E-state index is 9.29. The van der Waals surface area contributed by atoms with Crippen molar-refractivity contribution in [2.75, 3.05) is 27.3 Å². The molecule has 19 heavy (non-hydrogen) atoms. The van der Waals surface area contributed by atoms with Crippen LogP contribution in [0.3, 0.4) is 0 Å². The minimum Gasteiger partial charge on any atom is -0.383 e. The summed E-state index contributed by atoms with van der Waals surface area (Å²) in [5.74, 6) is 0. The summed E-state index contributed by atoms with van der Waals surface area (Å²) in [6, 6.07) is 3.48. The first-order chi connectivity index (χ1) is 9.00. The summed E-state index contributed by atoms with van der Waals surface area (Å²) in [4.78, 5) is 2.32. The van der Waals surface area contributed by atoms with Gasteiger partial charge in [-0.1, -0.05) is 0 Å². The van der Waals surface area contributed by atoms with Crippen LogP contribution in [0.15, 0.2) is 0 Å². The molecule has 110 valence electrons. The second kappa shape index (κ2) is 7.84. The van der Waals surface area contributed by atoms with Crippen molar-refractivity contribution in [2.45, 2.75) is 63.6 Å². The Kier molecular flexibility index (Phi) is 6.78. The fourth-order valence-electron chi connectivity index (χ4n) is 2.27. The molecule has 0 aromatic heterocycles. The summed E-state index contributed by atoms with van der Waals surface area (Å²) < 4.78 is 5.16. The van der Waals surface area contributed by atoms with Gasteiger partial charge in [0.2, 0.25) is 0 Å². The van der Waals surface area contributed by atoms with Crippen LogP contribution in [0.5, 0.6) is 0 Å². The standard InChI is InChI=1S/C15H29N3O/c1-13(11-19-4)18(3)10-6-5-9-15(2,12-16)17-14-7-8-14/h13-14,17H,5-11H2,1-4H3. The monoisotopic (exact) mass is 267 g/mol. The number of hydrogen-bond acceptors (Lipinski definition) is 4. The molecule has 2 unspecified atom stereocenters. The molecule has 0 heterocycles. The minimum atomic E-state index is -0.335. The SMILES string of the molecule is COCC(C)N(C)CCCCC(C)(C#N)NC1CC1. The van der Waals surface area contributed by atoms with E-state index in [0.29, 0.717) is 12.1 Å². The fourth-order valence-corrected chi connectivity index (χ4v) is 2.27. The Bertz CT molecular complexity index is 298. The van der Waals surface area contributed by atoms with Gasteiger partial charge in [0.25, 0.3) is 0 Å². The smallest absolute Gasteiger partial charge is 0.104 e. The van der Waals surface area contributed by atoms with E-state index >= 15 is 0 Å². The molecule has 0 saturated heterocycles. The highest BCUT2D eigenvalue weighted by Gasteiger charge is 2.31. The van der Waals surface area contributed by atoms with Gasteiger partial charge in [-0.2, -0.15) is 5.26 Å². The first-order valence-corrected chi connectivity index (χ1v) is 7.39. The Morgan fingerprint density at radius 2 is 2.16 bits per heavy atom. The molecular formula is C15H29N3O. The van der Waals surface area contributed by atoms with Gasteiger partial charge in [-0.3, -0.25) is 5.32 Å². The van der Waals surface area contributed by atoms with E-state index < -0.39 is 0 Å². The molecule has 0 aromatic carbocycles. The van der Waals surface area contributed by atoms with E-state index in [-0.39, 0.29) is 5.54 Å². The summed E-state index contributed by atoms with van der Waals surface area (Å²) in [7, 11) is 3.88. The maximum Gasteiger partial charge on any atom is 0.104 e. The van der Waals surface area contributed by atoms with Crippen LogP contribution in [0.4, 0.5) is 0 Å². The Morgan fingerprint density at radius 1 is 1.47 bits per heavy atom. The second-order valence-corrected chi connectivity index (χ2v) is 6.10. The lowest BCUT2D eigenvalue weighted by atomic mass is 9.96. The summed E-state index contributed by atoms with van der Waals surface area (Å²) in [5.41, 5.74) is -0.335. The van der Waals surface area contributed by atoms with Crippen LogP contribution in [0.2, 0.25) is 0 Å². The molecule has 0 aromatic rings. The van der Waals surface area contributed by atoms with Crippen molar-refractivity contribution in [1.82, 2.24) is 10.2 Å². The van der Waals surface area contributed by atoms with Crippen molar-refractivity contribution < 1.29 is 4.74 Å². The molecule has 1 N–H and O–H groups in total. The van der Waals surface area contributed by atoms with Crippen molar-refractivity contribution in [2.24, 2.45) is 0 Å². The van der Waals surface area contributed by atoms with Crippen LogP contribution in [-0.4, -0.2) is 49.8 Å². The van der Waals surface area contributed by atoms with Gasteiger partial charge in [-0.05, 0) is 59.5 Å². The predicted octanol–water partition coefficient (Wildman–Crippen LogP) is 2.16. The van der Waals surface area contributed by atoms with Crippen LogP contribution in [0, 0.1) is 11.3 Å². The number of likely N-dealkylation sites (N-methyl/N-ethyl adjacent to an activating group) is 1.